The molecule has 2 heterocycles. The summed E-state index contributed by atoms with van der Waals surface area (Å²) in [4.78, 5) is 4.09. The maximum atomic E-state index is 5.81. The Morgan fingerprint density at radius 3 is 2.90 bits per heavy atom. The predicted molar refractivity (Wildman–Crippen MR) is 97.2 cm³/mol. The number of pyridine rings is 1. The zero-order valence-corrected chi connectivity index (χ0v) is 14.8. The summed E-state index contributed by atoms with van der Waals surface area (Å²) in [6.07, 6.45) is 4.02. The lowest BCUT2D eigenvalue weighted by molar-refractivity contribution is 0.504. The molecule has 0 spiro atoms. The molecule has 3 nitrogen and oxygen atoms in total. The number of hydrogen-bond acceptors (Lipinski definition) is 5. The first-order valence-electron chi connectivity index (χ1n) is 7.81. The van der Waals surface area contributed by atoms with Crippen molar-refractivity contribution in [3.63, 3.8) is 0 Å². The number of thioether (sulfide) groups is 2. The molecule has 118 valence electrons. The van der Waals surface area contributed by atoms with E-state index in [0.717, 1.165) is 23.5 Å². The minimum absolute atomic E-state index is 0.513. The van der Waals surface area contributed by atoms with E-state index >= 15 is 0 Å². The van der Waals surface area contributed by atoms with E-state index in [1.807, 2.05) is 12.3 Å². The average Bonchev–Trinajstić information content (AvgIpc) is 2.46. The number of rotatable bonds is 6. The van der Waals surface area contributed by atoms with Crippen molar-refractivity contribution in [3.05, 3.63) is 23.9 Å². The standard InChI is InChI=1S/C16H27N3S2/c1-4-6-18-14(8-13-5-7-19-16(17)9-13)15-10-20-11(2)12(3)21-15/h5,7,9,11-12,14-15,18H,4,6,8,10H2,1-3H3,(H2,17,19). The van der Waals surface area contributed by atoms with Gasteiger partial charge in [-0.2, -0.15) is 23.5 Å². The van der Waals surface area contributed by atoms with Gasteiger partial charge in [0.05, 0.1) is 0 Å². The van der Waals surface area contributed by atoms with Gasteiger partial charge in [0.2, 0.25) is 0 Å². The minimum Gasteiger partial charge on any atom is -0.384 e. The Morgan fingerprint density at radius 1 is 1.43 bits per heavy atom. The lowest BCUT2D eigenvalue weighted by atomic mass is 10.0. The molecule has 1 fully saturated rings. The Hall–Kier alpha value is -0.390. The first-order chi connectivity index (χ1) is 10.1. The number of nitrogens with one attached hydrogen (secondary N) is 1. The van der Waals surface area contributed by atoms with Crippen LogP contribution in [0.5, 0.6) is 0 Å². The molecule has 0 bridgehead atoms. The van der Waals surface area contributed by atoms with Gasteiger partial charge in [0.25, 0.3) is 0 Å². The van der Waals surface area contributed by atoms with E-state index in [0.29, 0.717) is 17.1 Å². The molecule has 4 unspecified atom stereocenters. The highest BCUT2D eigenvalue weighted by Gasteiger charge is 2.31. The minimum atomic E-state index is 0.513. The molecule has 5 heteroatoms. The third-order valence-corrected chi connectivity index (χ3v) is 7.53. The second-order valence-corrected chi connectivity index (χ2v) is 8.80. The zero-order chi connectivity index (χ0) is 15.2. The summed E-state index contributed by atoms with van der Waals surface area (Å²) in [6, 6.07) is 4.61. The Bertz CT molecular complexity index is 441. The maximum Gasteiger partial charge on any atom is 0.123 e. The summed E-state index contributed by atoms with van der Waals surface area (Å²) >= 11 is 4.26. The number of anilines is 1. The van der Waals surface area contributed by atoms with Gasteiger partial charge < -0.3 is 11.1 Å². The second kappa shape index (κ2) is 8.30. The van der Waals surface area contributed by atoms with Gasteiger partial charge in [-0.1, -0.05) is 20.8 Å². The van der Waals surface area contributed by atoms with Crippen molar-refractivity contribution in [2.45, 2.75) is 55.4 Å². The largest absolute Gasteiger partial charge is 0.384 e. The van der Waals surface area contributed by atoms with Crippen molar-refractivity contribution in [1.29, 1.82) is 0 Å². The van der Waals surface area contributed by atoms with Gasteiger partial charge in [0.15, 0.2) is 0 Å². The highest BCUT2D eigenvalue weighted by Crippen LogP contribution is 2.37. The maximum absolute atomic E-state index is 5.81. The van der Waals surface area contributed by atoms with E-state index in [4.69, 9.17) is 5.73 Å². The quantitative estimate of drug-likeness (QED) is 0.841. The van der Waals surface area contributed by atoms with Crippen LogP contribution in [0.3, 0.4) is 0 Å². The highest BCUT2D eigenvalue weighted by molar-refractivity contribution is 8.07. The molecule has 1 aliphatic rings. The molecular formula is C16H27N3S2. The molecule has 1 saturated heterocycles. The lowest BCUT2D eigenvalue weighted by Crippen LogP contribution is -2.45. The van der Waals surface area contributed by atoms with Crippen LogP contribution in [-0.2, 0) is 6.42 Å². The molecule has 3 N–H and O–H groups in total. The van der Waals surface area contributed by atoms with Crippen LogP contribution in [0.2, 0.25) is 0 Å². The van der Waals surface area contributed by atoms with E-state index < -0.39 is 0 Å². The average molecular weight is 326 g/mol. The van der Waals surface area contributed by atoms with Gasteiger partial charge in [-0.25, -0.2) is 4.98 Å². The van der Waals surface area contributed by atoms with E-state index in [2.05, 4.69) is 60.7 Å². The summed E-state index contributed by atoms with van der Waals surface area (Å²) in [6.45, 7) is 8.01. The predicted octanol–water partition coefficient (Wildman–Crippen LogP) is 3.20. The van der Waals surface area contributed by atoms with E-state index in [1.165, 1.54) is 17.7 Å². The van der Waals surface area contributed by atoms with Gasteiger partial charge in [0.1, 0.15) is 5.82 Å². The molecule has 21 heavy (non-hydrogen) atoms. The van der Waals surface area contributed by atoms with Crippen molar-refractivity contribution < 1.29 is 0 Å². The lowest BCUT2D eigenvalue weighted by Gasteiger charge is -2.36. The van der Waals surface area contributed by atoms with Crippen LogP contribution in [0.15, 0.2) is 18.3 Å². The van der Waals surface area contributed by atoms with Crippen LogP contribution < -0.4 is 11.1 Å². The summed E-state index contributed by atoms with van der Waals surface area (Å²) in [5, 5.41) is 5.90. The summed E-state index contributed by atoms with van der Waals surface area (Å²) in [5.74, 6) is 1.85. The second-order valence-electron chi connectivity index (χ2n) is 5.77. The smallest absolute Gasteiger partial charge is 0.123 e. The fourth-order valence-electron chi connectivity index (χ4n) is 2.56. The molecule has 0 amide bonds. The Morgan fingerprint density at radius 2 is 2.24 bits per heavy atom. The molecule has 0 aliphatic carbocycles. The monoisotopic (exact) mass is 325 g/mol. The van der Waals surface area contributed by atoms with Crippen LogP contribution in [0.25, 0.3) is 0 Å². The van der Waals surface area contributed by atoms with Gasteiger partial charge in [0, 0.05) is 33.7 Å². The van der Waals surface area contributed by atoms with Crippen LogP contribution in [0.4, 0.5) is 5.82 Å². The molecule has 4 atom stereocenters. The summed E-state index contributed by atoms with van der Waals surface area (Å²) in [5.41, 5.74) is 7.10. The van der Waals surface area contributed by atoms with Crippen molar-refractivity contribution in [3.8, 4) is 0 Å². The van der Waals surface area contributed by atoms with Gasteiger partial charge >= 0.3 is 0 Å². The number of nitrogen functional groups attached to an aromatic ring is 1. The molecule has 1 aromatic rings. The number of hydrogen-bond donors (Lipinski definition) is 2. The van der Waals surface area contributed by atoms with Gasteiger partial charge in [-0.15, -0.1) is 0 Å². The van der Waals surface area contributed by atoms with Crippen molar-refractivity contribution in [1.82, 2.24) is 10.3 Å². The number of aromatic nitrogens is 1. The van der Waals surface area contributed by atoms with Crippen LogP contribution in [0, 0.1) is 0 Å². The third kappa shape index (κ3) is 5.08. The van der Waals surface area contributed by atoms with E-state index in [-0.39, 0.29) is 0 Å². The van der Waals surface area contributed by atoms with Crippen molar-refractivity contribution >= 4 is 29.3 Å². The fraction of sp³-hybridized carbons (Fsp3) is 0.688. The highest BCUT2D eigenvalue weighted by atomic mass is 32.2. The first kappa shape index (κ1) is 17.0. The van der Waals surface area contributed by atoms with Crippen molar-refractivity contribution in [2.24, 2.45) is 0 Å². The topological polar surface area (TPSA) is 50.9 Å². The Labute approximate surface area is 137 Å². The molecule has 1 aliphatic heterocycles. The van der Waals surface area contributed by atoms with Crippen LogP contribution in [-0.4, -0.2) is 39.1 Å². The molecule has 0 aromatic carbocycles. The zero-order valence-electron chi connectivity index (χ0n) is 13.2. The summed E-state index contributed by atoms with van der Waals surface area (Å²) in [7, 11) is 0. The number of nitrogens with zero attached hydrogens (tertiary/aromatic N) is 1. The van der Waals surface area contributed by atoms with Gasteiger partial charge in [-0.3, -0.25) is 0 Å². The molecular weight excluding hydrogens is 298 g/mol. The molecule has 0 radical (unpaired) electrons. The first-order valence-corrected chi connectivity index (χ1v) is 9.80. The number of nitrogens with two attached hydrogens (primary N) is 1. The van der Waals surface area contributed by atoms with Crippen LogP contribution >= 0.6 is 23.5 Å². The molecule has 1 aromatic heterocycles. The molecule has 0 saturated carbocycles. The van der Waals surface area contributed by atoms with Crippen LogP contribution in [0.1, 0.15) is 32.8 Å². The van der Waals surface area contributed by atoms with E-state index in [1.54, 1.807) is 0 Å². The SMILES string of the molecule is CCCNC(Cc1ccnc(N)c1)C1CSC(C)C(C)S1. The Kier molecular flexibility index (Phi) is 6.71. The Balaban J connectivity index is 2.03. The normalized spacial score (nSPS) is 27.5. The molecule has 2 rings (SSSR count). The van der Waals surface area contributed by atoms with Gasteiger partial charge in [-0.05, 0) is 37.1 Å². The third-order valence-electron chi connectivity index (χ3n) is 3.98. The fourth-order valence-corrected chi connectivity index (χ4v) is 5.69. The van der Waals surface area contributed by atoms with Crippen molar-refractivity contribution in [2.75, 3.05) is 18.0 Å². The summed E-state index contributed by atoms with van der Waals surface area (Å²) < 4.78 is 0. The van der Waals surface area contributed by atoms with E-state index in [9.17, 15) is 0 Å².